The van der Waals surface area contributed by atoms with Gasteiger partial charge in [-0.3, -0.25) is 0 Å². The molecule has 2 nitrogen and oxygen atoms in total. The van der Waals surface area contributed by atoms with E-state index in [4.69, 9.17) is 5.73 Å². The summed E-state index contributed by atoms with van der Waals surface area (Å²) in [5.41, 5.74) is 9.60. The molecule has 0 amide bonds. The molecule has 2 rings (SSSR count). The molecule has 106 valence electrons. The molecule has 0 saturated heterocycles. The Labute approximate surface area is 120 Å². The fourth-order valence-corrected chi connectivity index (χ4v) is 2.22. The van der Waals surface area contributed by atoms with Crippen LogP contribution < -0.4 is 10.6 Å². The van der Waals surface area contributed by atoms with Crippen LogP contribution in [0.5, 0.6) is 0 Å². The molecule has 0 spiro atoms. The highest BCUT2D eigenvalue weighted by Gasteiger charge is 2.09. The standard InChI is InChI=1S/C17H21FN2/c1-3-20(16-7-4-13(2)5-8-16)12-15-10-14(11-19)6-9-17(15)18/h4-10H,3,11-12,19H2,1-2H3. The molecule has 0 aliphatic carbocycles. The molecule has 0 aliphatic rings. The van der Waals surface area contributed by atoms with Crippen molar-refractivity contribution in [2.24, 2.45) is 5.73 Å². The fraction of sp³-hybridized carbons (Fsp3) is 0.294. The summed E-state index contributed by atoms with van der Waals surface area (Å²) >= 11 is 0. The summed E-state index contributed by atoms with van der Waals surface area (Å²) in [5.74, 6) is -0.173. The molecule has 20 heavy (non-hydrogen) atoms. The Balaban J connectivity index is 2.23. The summed E-state index contributed by atoms with van der Waals surface area (Å²) in [7, 11) is 0. The van der Waals surface area contributed by atoms with Crippen molar-refractivity contribution in [3.05, 3.63) is 65.0 Å². The van der Waals surface area contributed by atoms with Gasteiger partial charge in [0.2, 0.25) is 0 Å². The van der Waals surface area contributed by atoms with Crippen LogP contribution in [0.15, 0.2) is 42.5 Å². The number of benzene rings is 2. The maximum Gasteiger partial charge on any atom is 0.128 e. The van der Waals surface area contributed by atoms with Gasteiger partial charge in [0.15, 0.2) is 0 Å². The first-order valence-corrected chi connectivity index (χ1v) is 6.93. The molecule has 0 saturated carbocycles. The topological polar surface area (TPSA) is 29.3 Å². The third-order valence-corrected chi connectivity index (χ3v) is 3.49. The van der Waals surface area contributed by atoms with Crippen molar-refractivity contribution in [2.75, 3.05) is 11.4 Å². The monoisotopic (exact) mass is 272 g/mol. The average Bonchev–Trinajstić information content (AvgIpc) is 2.47. The van der Waals surface area contributed by atoms with Crippen molar-refractivity contribution >= 4 is 5.69 Å². The third-order valence-electron chi connectivity index (χ3n) is 3.49. The molecule has 0 fully saturated rings. The minimum absolute atomic E-state index is 0.173. The lowest BCUT2D eigenvalue weighted by molar-refractivity contribution is 0.604. The Morgan fingerprint density at radius 3 is 2.40 bits per heavy atom. The van der Waals surface area contributed by atoms with Crippen LogP contribution in [0.1, 0.15) is 23.6 Å². The maximum absolute atomic E-state index is 13.9. The first-order chi connectivity index (χ1) is 9.63. The summed E-state index contributed by atoms with van der Waals surface area (Å²) in [6, 6.07) is 13.4. The Kier molecular flexibility index (Phi) is 4.74. The van der Waals surface area contributed by atoms with E-state index in [0.29, 0.717) is 18.7 Å². The van der Waals surface area contributed by atoms with Crippen molar-refractivity contribution in [1.29, 1.82) is 0 Å². The molecule has 0 heterocycles. The maximum atomic E-state index is 13.9. The Morgan fingerprint density at radius 1 is 1.10 bits per heavy atom. The van der Waals surface area contributed by atoms with E-state index in [1.807, 2.05) is 6.07 Å². The molecule has 0 aliphatic heterocycles. The Morgan fingerprint density at radius 2 is 1.80 bits per heavy atom. The van der Waals surface area contributed by atoms with Crippen molar-refractivity contribution in [2.45, 2.75) is 26.9 Å². The van der Waals surface area contributed by atoms with E-state index in [0.717, 1.165) is 17.8 Å². The SMILES string of the molecule is CCN(Cc1cc(CN)ccc1F)c1ccc(C)cc1. The predicted octanol–water partition coefficient (Wildman–Crippen LogP) is 3.62. The molecule has 2 aromatic carbocycles. The summed E-state index contributed by atoms with van der Waals surface area (Å²) in [4.78, 5) is 2.15. The van der Waals surface area contributed by atoms with Crippen LogP contribution >= 0.6 is 0 Å². The largest absolute Gasteiger partial charge is 0.367 e. The molecule has 0 atom stereocenters. The number of halogens is 1. The lowest BCUT2D eigenvalue weighted by atomic mass is 10.1. The van der Waals surface area contributed by atoms with Gasteiger partial charge in [-0.2, -0.15) is 0 Å². The van der Waals surface area contributed by atoms with Crippen molar-refractivity contribution in [1.82, 2.24) is 0 Å². The van der Waals surface area contributed by atoms with E-state index in [1.165, 1.54) is 11.6 Å². The van der Waals surface area contributed by atoms with E-state index < -0.39 is 0 Å². The van der Waals surface area contributed by atoms with Crippen LogP contribution in [0.25, 0.3) is 0 Å². The quantitative estimate of drug-likeness (QED) is 0.900. The van der Waals surface area contributed by atoms with Gasteiger partial charge in [-0.05, 0) is 43.7 Å². The summed E-state index contributed by atoms with van der Waals surface area (Å²) in [6.07, 6.45) is 0. The van der Waals surface area contributed by atoms with E-state index >= 15 is 0 Å². The summed E-state index contributed by atoms with van der Waals surface area (Å²) in [6.45, 7) is 5.95. The molecule has 0 bridgehead atoms. The second kappa shape index (κ2) is 6.53. The highest BCUT2D eigenvalue weighted by molar-refractivity contribution is 5.48. The van der Waals surface area contributed by atoms with Crippen LogP contribution in [0.4, 0.5) is 10.1 Å². The van der Waals surface area contributed by atoms with E-state index in [-0.39, 0.29) is 5.82 Å². The zero-order valence-electron chi connectivity index (χ0n) is 12.1. The number of nitrogens with two attached hydrogens (primary N) is 1. The first-order valence-electron chi connectivity index (χ1n) is 6.93. The number of hydrogen-bond donors (Lipinski definition) is 1. The van der Waals surface area contributed by atoms with Gasteiger partial charge in [0.1, 0.15) is 5.82 Å². The van der Waals surface area contributed by atoms with Gasteiger partial charge < -0.3 is 10.6 Å². The van der Waals surface area contributed by atoms with Crippen LogP contribution in [-0.2, 0) is 13.1 Å². The number of rotatable bonds is 5. The summed E-state index contributed by atoms with van der Waals surface area (Å²) in [5, 5.41) is 0. The molecule has 0 unspecified atom stereocenters. The van der Waals surface area contributed by atoms with E-state index in [2.05, 4.69) is 43.0 Å². The third kappa shape index (κ3) is 3.36. The van der Waals surface area contributed by atoms with E-state index in [1.54, 1.807) is 6.07 Å². The van der Waals surface area contributed by atoms with Gasteiger partial charge in [-0.15, -0.1) is 0 Å². The smallest absolute Gasteiger partial charge is 0.128 e. The molecular formula is C17H21FN2. The highest BCUT2D eigenvalue weighted by Crippen LogP contribution is 2.20. The zero-order chi connectivity index (χ0) is 14.5. The first kappa shape index (κ1) is 14.5. The van der Waals surface area contributed by atoms with E-state index in [9.17, 15) is 4.39 Å². The number of anilines is 1. The van der Waals surface area contributed by atoms with Gasteiger partial charge in [0.05, 0.1) is 0 Å². The fourth-order valence-electron chi connectivity index (χ4n) is 2.22. The van der Waals surface area contributed by atoms with Crippen LogP contribution in [0.3, 0.4) is 0 Å². The highest BCUT2D eigenvalue weighted by atomic mass is 19.1. The molecular weight excluding hydrogens is 251 g/mol. The van der Waals surface area contributed by atoms with Crippen LogP contribution in [0.2, 0.25) is 0 Å². The minimum Gasteiger partial charge on any atom is -0.367 e. The molecule has 0 aromatic heterocycles. The van der Waals surface area contributed by atoms with Crippen LogP contribution in [-0.4, -0.2) is 6.54 Å². The lowest BCUT2D eigenvalue weighted by Gasteiger charge is -2.24. The average molecular weight is 272 g/mol. The number of nitrogens with zero attached hydrogens (tertiary/aromatic N) is 1. The van der Waals surface area contributed by atoms with Gasteiger partial charge >= 0.3 is 0 Å². The van der Waals surface area contributed by atoms with Gasteiger partial charge in [-0.25, -0.2) is 4.39 Å². The number of hydrogen-bond acceptors (Lipinski definition) is 2. The second-order valence-corrected chi connectivity index (χ2v) is 4.98. The Hall–Kier alpha value is -1.87. The zero-order valence-corrected chi connectivity index (χ0v) is 12.1. The number of aryl methyl sites for hydroxylation is 1. The minimum atomic E-state index is -0.173. The normalized spacial score (nSPS) is 10.6. The summed E-state index contributed by atoms with van der Waals surface area (Å²) < 4.78 is 13.9. The molecule has 2 aromatic rings. The van der Waals surface area contributed by atoms with Gasteiger partial charge in [0.25, 0.3) is 0 Å². The molecule has 2 N–H and O–H groups in total. The van der Waals surface area contributed by atoms with Crippen molar-refractivity contribution < 1.29 is 4.39 Å². The van der Waals surface area contributed by atoms with Crippen LogP contribution in [0, 0.1) is 12.7 Å². The van der Waals surface area contributed by atoms with Crippen molar-refractivity contribution in [3.63, 3.8) is 0 Å². The van der Waals surface area contributed by atoms with Gasteiger partial charge in [-0.1, -0.05) is 23.8 Å². The lowest BCUT2D eigenvalue weighted by Crippen LogP contribution is -2.22. The second-order valence-electron chi connectivity index (χ2n) is 4.98. The molecule has 3 heteroatoms. The Bertz CT molecular complexity index is 564. The molecule has 0 radical (unpaired) electrons. The van der Waals surface area contributed by atoms with Gasteiger partial charge in [0, 0.05) is 30.9 Å². The van der Waals surface area contributed by atoms with Crippen molar-refractivity contribution in [3.8, 4) is 0 Å². The predicted molar refractivity (Wildman–Crippen MR) is 82.2 cm³/mol.